The second-order valence-electron chi connectivity index (χ2n) is 6.07. The van der Waals surface area contributed by atoms with Gasteiger partial charge in [-0.25, -0.2) is 4.79 Å². The quantitative estimate of drug-likeness (QED) is 0.577. The lowest BCUT2D eigenvalue weighted by Crippen LogP contribution is -2.38. The number of fused-ring (bicyclic) bond motifs is 2. The molecule has 1 aliphatic rings. The molecule has 1 N–H and O–H groups in total. The minimum absolute atomic E-state index is 0.0517. The summed E-state index contributed by atoms with van der Waals surface area (Å²) in [6, 6.07) is 14.6. The van der Waals surface area contributed by atoms with E-state index in [4.69, 9.17) is 14.2 Å². The Morgan fingerprint density at radius 2 is 1.85 bits per heavy atom. The molecule has 0 saturated carbocycles. The van der Waals surface area contributed by atoms with Crippen LogP contribution < -0.4 is 9.47 Å². The summed E-state index contributed by atoms with van der Waals surface area (Å²) in [7, 11) is 0. The van der Waals surface area contributed by atoms with Crippen molar-refractivity contribution < 1.29 is 23.8 Å². The van der Waals surface area contributed by atoms with Gasteiger partial charge in [0.05, 0.1) is 0 Å². The molecule has 2 heterocycles. The average Bonchev–Trinajstić information content (AvgIpc) is 3.01. The fraction of sp³-hybridized carbons (Fsp3) is 0.200. The molecule has 3 aromatic rings. The van der Waals surface area contributed by atoms with Crippen LogP contribution in [0, 0.1) is 6.92 Å². The van der Waals surface area contributed by atoms with Crippen LogP contribution in [0.4, 0.5) is 0 Å². The zero-order valence-electron chi connectivity index (χ0n) is 14.2. The van der Waals surface area contributed by atoms with Crippen LogP contribution in [0.5, 0.6) is 11.5 Å². The Labute approximate surface area is 149 Å². The first kappa shape index (κ1) is 16.2. The van der Waals surface area contributed by atoms with E-state index in [0.29, 0.717) is 17.1 Å². The van der Waals surface area contributed by atoms with E-state index in [2.05, 4.69) is 4.98 Å². The van der Waals surface area contributed by atoms with Crippen LogP contribution in [-0.2, 0) is 9.53 Å². The third-order valence-corrected chi connectivity index (χ3v) is 4.29. The van der Waals surface area contributed by atoms with Crippen molar-refractivity contribution in [2.45, 2.75) is 13.0 Å². The van der Waals surface area contributed by atoms with Crippen LogP contribution in [0.15, 0.2) is 48.5 Å². The highest BCUT2D eigenvalue weighted by Gasteiger charge is 2.29. The molecule has 0 aliphatic carbocycles. The molecule has 0 fully saturated rings. The highest BCUT2D eigenvalue weighted by molar-refractivity contribution is 6.10. The number of para-hydroxylation sites is 3. The summed E-state index contributed by atoms with van der Waals surface area (Å²) >= 11 is 0. The number of aromatic amines is 1. The lowest BCUT2D eigenvalue weighted by molar-refractivity contribution is -0.153. The molecule has 0 bridgehead atoms. The van der Waals surface area contributed by atoms with Crippen LogP contribution >= 0.6 is 0 Å². The molecular formula is C20H17NO5. The molecule has 132 valence electrons. The van der Waals surface area contributed by atoms with Gasteiger partial charge in [-0.15, -0.1) is 0 Å². The number of H-pyrrole nitrogens is 1. The van der Waals surface area contributed by atoms with E-state index in [0.717, 1.165) is 16.6 Å². The Morgan fingerprint density at radius 3 is 2.69 bits per heavy atom. The van der Waals surface area contributed by atoms with Crippen molar-refractivity contribution in [3.05, 3.63) is 59.8 Å². The minimum Gasteiger partial charge on any atom is -0.485 e. The first-order valence-corrected chi connectivity index (χ1v) is 8.29. The van der Waals surface area contributed by atoms with E-state index in [-0.39, 0.29) is 19.0 Å². The first-order chi connectivity index (χ1) is 12.6. The molecule has 1 aromatic heterocycles. The summed E-state index contributed by atoms with van der Waals surface area (Å²) in [6.45, 7) is 1.53. The van der Waals surface area contributed by atoms with Crippen LogP contribution in [0.1, 0.15) is 16.1 Å². The number of Topliss-reactive ketones (excluding diaryl/α,β-unsaturated/α-hetero) is 1. The normalized spacial score (nSPS) is 15.7. The summed E-state index contributed by atoms with van der Waals surface area (Å²) in [5, 5.41) is 0.817. The van der Waals surface area contributed by atoms with E-state index in [1.165, 1.54) is 0 Å². The van der Waals surface area contributed by atoms with Gasteiger partial charge in [0.25, 0.3) is 0 Å². The maximum absolute atomic E-state index is 12.6. The van der Waals surface area contributed by atoms with Gasteiger partial charge in [0.2, 0.25) is 11.9 Å². The predicted molar refractivity (Wildman–Crippen MR) is 94.7 cm³/mol. The first-order valence-electron chi connectivity index (χ1n) is 8.29. The lowest BCUT2D eigenvalue weighted by atomic mass is 10.1. The fourth-order valence-electron chi connectivity index (χ4n) is 3.07. The number of benzene rings is 2. The minimum atomic E-state index is -0.887. The largest absolute Gasteiger partial charge is 0.485 e. The Morgan fingerprint density at radius 1 is 1.12 bits per heavy atom. The van der Waals surface area contributed by atoms with E-state index < -0.39 is 12.1 Å². The topological polar surface area (TPSA) is 77.6 Å². The molecule has 0 amide bonds. The number of nitrogens with one attached hydrogen (secondary N) is 1. The summed E-state index contributed by atoms with van der Waals surface area (Å²) in [5.41, 5.74) is 2.17. The number of hydrogen-bond donors (Lipinski definition) is 1. The molecule has 2 aromatic carbocycles. The average molecular weight is 351 g/mol. The molecule has 0 radical (unpaired) electrons. The zero-order valence-corrected chi connectivity index (χ0v) is 14.2. The summed E-state index contributed by atoms with van der Waals surface area (Å²) < 4.78 is 16.3. The Kier molecular flexibility index (Phi) is 4.08. The molecule has 0 spiro atoms. The van der Waals surface area contributed by atoms with Crippen LogP contribution in [0.3, 0.4) is 0 Å². The van der Waals surface area contributed by atoms with Crippen molar-refractivity contribution in [2.75, 3.05) is 13.2 Å². The number of esters is 1. The number of rotatable bonds is 4. The van der Waals surface area contributed by atoms with Crippen molar-refractivity contribution in [1.29, 1.82) is 0 Å². The van der Waals surface area contributed by atoms with E-state index in [1.54, 1.807) is 18.2 Å². The van der Waals surface area contributed by atoms with Gasteiger partial charge in [0, 0.05) is 22.2 Å². The zero-order chi connectivity index (χ0) is 18.1. The van der Waals surface area contributed by atoms with Crippen LogP contribution in [-0.4, -0.2) is 36.1 Å². The Bertz CT molecular complexity index is 991. The van der Waals surface area contributed by atoms with Crippen LogP contribution in [0.2, 0.25) is 0 Å². The monoisotopic (exact) mass is 351 g/mol. The second kappa shape index (κ2) is 6.55. The standard InChI is InChI=1S/C20H17NO5/c1-12-19(13-6-2-3-7-14(13)21-12)15(22)10-25-20(23)18-11-24-16-8-4-5-9-17(16)26-18/h2-9,18,21H,10-11H2,1H3/t18-/m0/s1. The van der Waals surface area contributed by atoms with Gasteiger partial charge >= 0.3 is 5.97 Å². The molecule has 0 saturated heterocycles. The molecule has 6 nitrogen and oxygen atoms in total. The van der Waals surface area contributed by atoms with Crippen molar-refractivity contribution in [2.24, 2.45) is 0 Å². The smallest absolute Gasteiger partial charge is 0.351 e. The van der Waals surface area contributed by atoms with Gasteiger partial charge in [-0.2, -0.15) is 0 Å². The molecule has 1 aliphatic heterocycles. The Balaban J connectivity index is 1.43. The number of ether oxygens (including phenoxy) is 3. The maximum atomic E-state index is 12.6. The number of ketones is 1. The van der Waals surface area contributed by atoms with Gasteiger partial charge < -0.3 is 19.2 Å². The molecule has 26 heavy (non-hydrogen) atoms. The molecular weight excluding hydrogens is 334 g/mol. The van der Waals surface area contributed by atoms with E-state index >= 15 is 0 Å². The number of carbonyl (C=O) groups is 2. The second-order valence-corrected chi connectivity index (χ2v) is 6.07. The van der Waals surface area contributed by atoms with Gasteiger partial charge in [0.1, 0.15) is 6.61 Å². The molecule has 1 atom stereocenters. The van der Waals surface area contributed by atoms with Crippen molar-refractivity contribution in [3.63, 3.8) is 0 Å². The van der Waals surface area contributed by atoms with E-state index in [9.17, 15) is 9.59 Å². The number of aryl methyl sites for hydroxylation is 1. The maximum Gasteiger partial charge on any atom is 0.351 e. The lowest BCUT2D eigenvalue weighted by Gasteiger charge is -2.24. The number of aromatic nitrogens is 1. The van der Waals surface area contributed by atoms with Gasteiger partial charge in [-0.1, -0.05) is 30.3 Å². The summed E-state index contributed by atoms with van der Waals surface area (Å²) in [6.07, 6.45) is -0.887. The predicted octanol–water partition coefficient (Wildman–Crippen LogP) is 3.04. The van der Waals surface area contributed by atoms with Crippen molar-refractivity contribution in [1.82, 2.24) is 4.98 Å². The van der Waals surface area contributed by atoms with E-state index in [1.807, 2.05) is 37.3 Å². The Hall–Kier alpha value is -3.28. The van der Waals surface area contributed by atoms with Crippen molar-refractivity contribution >= 4 is 22.7 Å². The summed E-state index contributed by atoms with van der Waals surface area (Å²) in [4.78, 5) is 28.0. The van der Waals surface area contributed by atoms with Crippen LogP contribution in [0.25, 0.3) is 10.9 Å². The van der Waals surface area contributed by atoms with Crippen molar-refractivity contribution in [3.8, 4) is 11.5 Å². The third kappa shape index (κ3) is 2.90. The summed E-state index contributed by atoms with van der Waals surface area (Å²) in [5.74, 6) is 0.192. The number of hydrogen-bond acceptors (Lipinski definition) is 5. The molecule has 0 unspecified atom stereocenters. The van der Waals surface area contributed by atoms with Gasteiger partial charge in [-0.3, -0.25) is 4.79 Å². The fourth-order valence-corrected chi connectivity index (χ4v) is 3.07. The van der Waals surface area contributed by atoms with Gasteiger partial charge in [-0.05, 0) is 25.1 Å². The third-order valence-electron chi connectivity index (χ3n) is 4.29. The number of carbonyl (C=O) groups excluding carboxylic acids is 2. The molecule has 4 rings (SSSR count). The SMILES string of the molecule is Cc1[nH]c2ccccc2c1C(=O)COC(=O)[C@@H]1COc2ccccc2O1. The molecule has 6 heteroatoms. The highest BCUT2D eigenvalue weighted by Crippen LogP contribution is 2.31. The van der Waals surface area contributed by atoms with Gasteiger partial charge in [0.15, 0.2) is 18.1 Å². The highest BCUT2D eigenvalue weighted by atomic mass is 16.6.